The summed E-state index contributed by atoms with van der Waals surface area (Å²) in [6, 6.07) is 5.73. The van der Waals surface area contributed by atoms with Crippen molar-refractivity contribution in [3.05, 3.63) is 69.3 Å². The third kappa shape index (κ3) is 5.71. The van der Waals surface area contributed by atoms with E-state index in [0.717, 1.165) is 19.2 Å². The molecule has 29 heavy (non-hydrogen) atoms. The topological polar surface area (TPSA) is 108 Å². The standard InChI is InChI=1S/C19H18F2N2O6/c1-28-17-6-3-11(8-16(17)23(26)27)7-15(19(25)29-2)22-18(24)9-12-4-5-13(20)10-14(12)21/h3-6,8,10,15H,7,9H2,1-2H3,(H,22,24)/t15-/m1/s1. The Morgan fingerprint density at radius 3 is 2.48 bits per heavy atom. The van der Waals surface area contributed by atoms with Crippen LogP contribution in [0.5, 0.6) is 5.75 Å². The van der Waals surface area contributed by atoms with Crippen molar-refractivity contribution >= 4 is 17.6 Å². The van der Waals surface area contributed by atoms with Gasteiger partial charge in [-0.3, -0.25) is 14.9 Å². The molecule has 0 saturated heterocycles. The first-order chi connectivity index (χ1) is 13.7. The number of nitro benzene ring substituents is 1. The van der Waals surface area contributed by atoms with Crippen LogP contribution in [-0.4, -0.2) is 37.1 Å². The van der Waals surface area contributed by atoms with Crippen molar-refractivity contribution in [1.29, 1.82) is 0 Å². The molecule has 0 aliphatic rings. The molecule has 0 heterocycles. The molecule has 2 rings (SSSR count). The number of benzene rings is 2. The molecule has 2 aromatic carbocycles. The summed E-state index contributed by atoms with van der Waals surface area (Å²) in [7, 11) is 2.41. The molecule has 0 fully saturated rings. The van der Waals surface area contributed by atoms with Gasteiger partial charge >= 0.3 is 11.7 Å². The number of nitrogens with one attached hydrogen (secondary N) is 1. The van der Waals surface area contributed by atoms with Crippen LogP contribution in [-0.2, 0) is 27.2 Å². The minimum atomic E-state index is -1.16. The molecule has 2 aromatic rings. The Hall–Kier alpha value is -3.56. The summed E-state index contributed by atoms with van der Waals surface area (Å²) in [5, 5.41) is 13.6. The summed E-state index contributed by atoms with van der Waals surface area (Å²) in [6.07, 6.45) is -0.530. The lowest BCUT2D eigenvalue weighted by Gasteiger charge is -2.17. The lowest BCUT2D eigenvalue weighted by atomic mass is 10.0. The van der Waals surface area contributed by atoms with E-state index in [-0.39, 0.29) is 23.4 Å². The molecule has 1 atom stereocenters. The van der Waals surface area contributed by atoms with Gasteiger partial charge in [-0.15, -0.1) is 0 Å². The zero-order valence-corrected chi connectivity index (χ0v) is 15.6. The van der Waals surface area contributed by atoms with Crippen molar-refractivity contribution in [1.82, 2.24) is 5.32 Å². The number of carbonyl (C=O) groups is 2. The Bertz CT molecular complexity index is 935. The zero-order chi connectivity index (χ0) is 21.6. The highest BCUT2D eigenvalue weighted by Gasteiger charge is 2.24. The lowest BCUT2D eigenvalue weighted by Crippen LogP contribution is -2.43. The molecule has 0 bridgehead atoms. The monoisotopic (exact) mass is 408 g/mol. The minimum absolute atomic E-state index is 0.0455. The smallest absolute Gasteiger partial charge is 0.328 e. The van der Waals surface area contributed by atoms with E-state index in [0.29, 0.717) is 11.6 Å². The van der Waals surface area contributed by atoms with E-state index in [1.165, 1.54) is 25.3 Å². The lowest BCUT2D eigenvalue weighted by molar-refractivity contribution is -0.385. The van der Waals surface area contributed by atoms with Crippen LogP contribution in [0.2, 0.25) is 0 Å². The number of hydrogen-bond acceptors (Lipinski definition) is 6. The van der Waals surface area contributed by atoms with Gasteiger partial charge in [0.1, 0.15) is 17.7 Å². The maximum absolute atomic E-state index is 13.7. The molecule has 154 valence electrons. The number of nitrogens with zero attached hydrogens (tertiary/aromatic N) is 1. The number of esters is 1. The number of methoxy groups -OCH3 is 2. The van der Waals surface area contributed by atoms with Crippen molar-refractivity contribution in [3.8, 4) is 5.75 Å². The molecule has 1 amide bonds. The third-order valence-electron chi connectivity index (χ3n) is 4.07. The van der Waals surface area contributed by atoms with E-state index in [2.05, 4.69) is 10.1 Å². The molecule has 0 spiro atoms. The van der Waals surface area contributed by atoms with E-state index in [1.54, 1.807) is 0 Å². The normalized spacial score (nSPS) is 11.4. The Morgan fingerprint density at radius 2 is 1.90 bits per heavy atom. The molecule has 0 radical (unpaired) electrons. The fourth-order valence-electron chi connectivity index (χ4n) is 2.66. The Balaban J connectivity index is 2.17. The number of nitro groups is 1. The summed E-state index contributed by atoms with van der Waals surface area (Å²) < 4.78 is 36.3. The molecule has 0 aliphatic carbocycles. The number of hydrogen-bond donors (Lipinski definition) is 1. The van der Waals surface area contributed by atoms with Crippen molar-refractivity contribution in [2.24, 2.45) is 0 Å². The van der Waals surface area contributed by atoms with Crippen molar-refractivity contribution < 1.29 is 32.8 Å². The van der Waals surface area contributed by atoms with E-state index >= 15 is 0 Å². The average Bonchev–Trinajstić information content (AvgIpc) is 2.68. The number of amides is 1. The fraction of sp³-hybridized carbons (Fsp3) is 0.263. The summed E-state index contributed by atoms with van der Waals surface area (Å²) >= 11 is 0. The van der Waals surface area contributed by atoms with Crippen LogP contribution in [0.1, 0.15) is 11.1 Å². The van der Waals surface area contributed by atoms with Crippen LogP contribution in [0, 0.1) is 21.7 Å². The highest BCUT2D eigenvalue weighted by Crippen LogP contribution is 2.28. The molecular formula is C19H18F2N2O6. The molecule has 10 heteroatoms. The first kappa shape index (κ1) is 21.7. The summed E-state index contributed by atoms with van der Waals surface area (Å²) in [5.74, 6) is -3.10. The van der Waals surface area contributed by atoms with Gasteiger partial charge in [-0.05, 0) is 23.3 Å². The van der Waals surface area contributed by atoms with E-state index in [9.17, 15) is 28.5 Å². The second kappa shape index (κ2) is 9.58. The number of rotatable bonds is 8. The molecule has 0 unspecified atom stereocenters. The van der Waals surface area contributed by atoms with E-state index in [1.807, 2.05) is 0 Å². The summed E-state index contributed by atoms with van der Waals surface area (Å²) in [6.45, 7) is 0. The molecule has 0 aromatic heterocycles. The van der Waals surface area contributed by atoms with Gasteiger partial charge < -0.3 is 14.8 Å². The molecule has 1 N–H and O–H groups in total. The molecule has 8 nitrogen and oxygen atoms in total. The quantitative estimate of drug-likeness (QED) is 0.408. The maximum atomic E-state index is 13.7. The number of halogens is 2. The van der Waals surface area contributed by atoms with E-state index in [4.69, 9.17) is 4.74 Å². The summed E-state index contributed by atoms with van der Waals surface area (Å²) in [4.78, 5) is 34.8. The van der Waals surface area contributed by atoms with Gasteiger partial charge in [-0.2, -0.15) is 0 Å². The third-order valence-corrected chi connectivity index (χ3v) is 4.07. The van der Waals surface area contributed by atoms with Gasteiger partial charge in [0.15, 0.2) is 5.75 Å². The van der Waals surface area contributed by atoms with Crippen LogP contribution in [0.4, 0.5) is 14.5 Å². The van der Waals surface area contributed by atoms with Gasteiger partial charge in [-0.1, -0.05) is 12.1 Å². The van der Waals surface area contributed by atoms with Gasteiger partial charge in [0.05, 0.1) is 25.6 Å². The first-order valence-electron chi connectivity index (χ1n) is 8.37. The number of ether oxygens (including phenoxy) is 2. The van der Waals surface area contributed by atoms with Crippen molar-refractivity contribution in [2.75, 3.05) is 14.2 Å². The predicted octanol–water partition coefficient (Wildman–Crippen LogP) is 2.32. The fourth-order valence-corrected chi connectivity index (χ4v) is 2.66. The Morgan fingerprint density at radius 1 is 1.17 bits per heavy atom. The highest BCUT2D eigenvalue weighted by molar-refractivity contribution is 5.85. The average molecular weight is 408 g/mol. The highest BCUT2D eigenvalue weighted by atomic mass is 19.1. The second-order valence-electron chi connectivity index (χ2n) is 6.02. The van der Waals surface area contributed by atoms with Crippen molar-refractivity contribution in [3.63, 3.8) is 0 Å². The van der Waals surface area contributed by atoms with Gasteiger partial charge in [0, 0.05) is 18.6 Å². The van der Waals surface area contributed by atoms with Crippen LogP contribution in [0.25, 0.3) is 0 Å². The van der Waals surface area contributed by atoms with Crippen molar-refractivity contribution in [2.45, 2.75) is 18.9 Å². The zero-order valence-electron chi connectivity index (χ0n) is 15.6. The van der Waals surface area contributed by atoms with Gasteiger partial charge in [0.2, 0.25) is 5.91 Å². The van der Waals surface area contributed by atoms with Gasteiger partial charge in [0.25, 0.3) is 0 Å². The van der Waals surface area contributed by atoms with Crippen LogP contribution < -0.4 is 10.1 Å². The van der Waals surface area contributed by atoms with Crippen LogP contribution >= 0.6 is 0 Å². The second-order valence-corrected chi connectivity index (χ2v) is 6.02. The molecule has 0 saturated carbocycles. The Labute approximate surface area is 164 Å². The van der Waals surface area contributed by atoms with Gasteiger partial charge in [-0.25, -0.2) is 13.6 Å². The predicted molar refractivity (Wildman–Crippen MR) is 97.4 cm³/mol. The summed E-state index contributed by atoms with van der Waals surface area (Å²) in [5.41, 5.74) is 0.0297. The molecule has 0 aliphatic heterocycles. The maximum Gasteiger partial charge on any atom is 0.328 e. The Kier molecular flexibility index (Phi) is 7.18. The number of carbonyl (C=O) groups excluding carboxylic acids is 2. The van der Waals surface area contributed by atoms with E-state index < -0.39 is 40.9 Å². The SMILES string of the molecule is COC(=O)[C@@H](Cc1ccc(OC)c([N+](=O)[O-])c1)NC(=O)Cc1ccc(F)cc1F. The first-order valence-corrected chi connectivity index (χ1v) is 8.37. The minimum Gasteiger partial charge on any atom is -0.490 e. The van der Waals surface area contributed by atoms with Crippen LogP contribution in [0.15, 0.2) is 36.4 Å². The van der Waals surface area contributed by atoms with Crippen LogP contribution in [0.3, 0.4) is 0 Å². The molecular weight excluding hydrogens is 390 g/mol. The largest absolute Gasteiger partial charge is 0.490 e.